The zero-order valence-electron chi connectivity index (χ0n) is 8.80. The number of hydrogen-bond donors (Lipinski definition) is 2. The second-order valence-corrected chi connectivity index (χ2v) is 4.90. The first kappa shape index (κ1) is 10.4. The Kier molecular flexibility index (Phi) is 2.82. The van der Waals surface area contributed by atoms with Crippen LogP contribution < -0.4 is 5.73 Å². The molecule has 0 aromatic rings. The van der Waals surface area contributed by atoms with Crippen LogP contribution in [-0.2, 0) is 4.74 Å². The summed E-state index contributed by atoms with van der Waals surface area (Å²) in [6.45, 7) is 1.21. The van der Waals surface area contributed by atoms with E-state index in [0.29, 0.717) is 6.61 Å². The third-order valence-corrected chi connectivity index (χ3v) is 3.89. The molecule has 0 amide bonds. The lowest BCUT2D eigenvalue weighted by atomic mass is 9.68. The normalized spacial score (nSPS) is 38.1. The number of nitrogens with two attached hydrogens (primary N) is 1. The van der Waals surface area contributed by atoms with E-state index in [2.05, 4.69) is 0 Å². The number of aliphatic hydroxyl groups is 1. The Hall–Kier alpha value is -0.120. The van der Waals surface area contributed by atoms with Crippen molar-refractivity contribution in [2.24, 2.45) is 5.73 Å². The zero-order chi connectivity index (χ0) is 10.1. The van der Waals surface area contributed by atoms with E-state index in [0.717, 1.165) is 45.1 Å². The molecule has 3 N–H and O–H groups in total. The molecule has 2 fully saturated rings. The molecule has 0 aromatic carbocycles. The van der Waals surface area contributed by atoms with Gasteiger partial charge in [-0.3, -0.25) is 0 Å². The topological polar surface area (TPSA) is 55.5 Å². The molecule has 1 heterocycles. The summed E-state index contributed by atoms with van der Waals surface area (Å²) in [6.07, 6.45) is 7.21. The van der Waals surface area contributed by atoms with Crippen LogP contribution in [0.4, 0.5) is 0 Å². The van der Waals surface area contributed by atoms with Crippen molar-refractivity contribution in [1.82, 2.24) is 0 Å². The minimum Gasteiger partial charge on any atom is -0.386 e. The van der Waals surface area contributed by atoms with Crippen LogP contribution in [0.15, 0.2) is 0 Å². The van der Waals surface area contributed by atoms with Crippen molar-refractivity contribution >= 4 is 0 Å². The van der Waals surface area contributed by atoms with E-state index in [1.54, 1.807) is 0 Å². The van der Waals surface area contributed by atoms with E-state index < -0.39 is 5.60 Å². The van der Waals surface area contributed by atoms with Crippen molar-refractivity contribution in [3.8, 4) is 0 Å². The van der Waals surface area contributed by atoms with Crippen molar-refractivity contribution in [2.45, 2.75) is 56.1 Å². The van der Waals surface area contributed by atoms with Crippen molar-refractivity contribution in [3.05, 3.63) is 0 Å². The van der Waals surface area contributed by atoms with E-state index in [9.17, 15) is 5.11 Å². The lowest BCUT2D eigenvalue weighted by Gasteiger charge is -2.48. The molecule has 2 rings (SSSR count). The SMILES string of the molecule is NC1(C2(O)CCCOC2)CCCCC1. The van der Waals surface area contributed by atoms with E-state index in [1.807, 2.05) is 0 Å². The summed E-state index contributed by atoms with van der Waals surface area (Å²) < 4.78 is 5.37. The van der Waals surface area contributed by atoms with Gasteiger partial charge in [0, 0.05) is 12.1 Å². The van der Waals surface area contributed by atoms with E-state index >= 15 is 0 Å². The molecule has 14 heavy (non-hydrogen) atoms. The van der Waals surface area contributed by atoms with Crippen LogP contribution in [0.25, 0.3) is 0 Å². The van der Waals surface area contributed by atoms with E-state index in [-0.39, 0.29) is 5.54 Å². The first-order valence-electron chi connectivity index (χ1n) is 5.75. The quantitative estimate of drug-likeness (QED) is 0.667. The maximum atomic E-state index is 10.5. The van der Waals surface area contributed by atoms with Crippen molar-refractivity contribution in [1.29, 1.82) is 0 Å². The zero-order valence-corrected chi connectivity index (χ0v) is 8.80. The fourth-order valence-electron chi connectivity index (χ4n) is 2.82. The summed E-state index contributed by atoms with van der Waals surface area (Å²) in [5.74, 6) is 0. The minimum absolute atomic E-state index is 0.383. The largest absolute Gasteiger partial charge is 0.386 e. The van der Waals surface area contributed by atoms with Gasteiger partial charge in [0.1, 0.15) is 5.60 Å². The van der Waals surface area contributed by atoms with Gasteiger partial charge in [0.05, 0.1) is 6.61 Å². The maximum Gasteiger partial charge on any atom is 0.106 e. The standard InChI is InChI=1S/C11H21NO2/c12-10(5-2-1-3-6-10)11(13)7-4-8-14-9-11/h13H,1-9,12H2. The average Bonchev–Trinajstić information content (AvgIpc) is 2.20. The highest BCUT2D eigenvalue weighted by Gasteiger charge is 2.48. The first-order valence-corrected chi connectivity index (χ1v) is 5.75. The summed E-state index contributed by atoms with van der Waals surface area (Å²) in [4.78, 5) is 0. The minimum atomic E-state index is -0.758. The van der Waals surface area contributed by atoms with Crippen LogP contribution in [-0.4, -0.2) is 29.5 Å². The molecule has 1 saturated heterocycles. The summed E-state index contributed by atoms with van der Waals surface area (Å²) in [5.41, 5.74) is 5.20. The molecule has 0 radical (unpaired) electrons. The highest BCUT2D eigenvalue weighted by Crippen LogP contribution is 2.39. The molecule has 3 heteroatoms. The Labute approximate surface area is 85.6 Å². The van der Waals surface area contributed by atoms with Crippen LogP contribution in [0.3, 0.4) is 0 Å². The molecule has 1 saturated carbocycles. The van der Waals surface area contributed by atoms with Gasteiger partial charge in [-0.25, -0.2) is 0 Å². The van der Waals surface area contributed by atoms with E-state index in [4.69, 9.17) is 10.5 Å². The van der Waals surface area contributed by atoms with Crippen molar-refractivity contribution in [2.75, 3.05) is 13.2 Å². The third kappa shape index (κ3) is 1.69. The van der Waals surface area contributed by atoms with Crippen LogP contribution in [0.1, 0.15) is 44.9 Å². The molecular formula is C11H21NO2. The Morgan fingerprint density at radius 1 is 1.00 bits per heavy atom. The molecule has 0 aromatic heterocycles. The van der Waals surface area contributed by atoms with Gasteiger partial charge in [-0.15, -0.1) is 0 Å². The molecule has 82 valence electrons. The maximum absolute atomic E-state index is 10.5. The Morgan fingerprint density at radius 2 is 1.71 bits per heavy atom. The van der Waals surface area contributed by atoms with Gasteiger partial charge in [0.2, 0.25) is 0 Å². The Bertz CT molecular complexity index is 171. The van der Waals surface area contributed by atoms with Gasteiger partial charge in [-0.1, -0.05) is 19.3 Å². The molecule has 0 bridgehead atoms. The molecule has 3 nitrogen and oxygen atoms in total. The fourth-order valence-corrected chi connectivity index (χ4v) is 2.82. The number of ether oxygens (including phenoxy) is 1. The van der Waals surface area contributed by atoms with Gasteiger partial charge in [0.15, 0.2) is 0 Å². The van der Waals surface area contributed by atoms with Crippen LogP contribution in [0.2, 0.25) is 0 Å². The number of hydrogen-bond acceptors (Lipinski definition) is 3. The highest BCUT2D eigenvalue weighted by molar-refractivity contribution is 5.05. The van der Waals surface area contributed by atoms with Gasteiger partial charge in [-0.2, -0.15) is 0 Å². The third-order valence-electron chi connectivity index (χ3n) is 3.89. The Balaban J connectivity index is 2.09. The van der Waals surface area contributed by atoms with Crippen LogP contribution in [0, 0.1) is 0 Å². The van der Waals surface area contributed by atoms with Crippen LogP contribution >= 0.6 is 0 Å². The Morgan fingerprint density at radius 3 is 2.29 bits per heavy atom. The predicted octanol–water partition coefficient (Wildman–Crippen LogP) is 1.19. The molecule has 1 atom stereocenters. The molecule has 1 unspecified atom stereocenters. The molecule has 1 aliphatic carbocycles. The average molecular weight is 199 g/mol. The second-order valence-electron chi connectivity index (χ2n) is 4.90. The van der Waals surface area contributed by atoms with Gasteiger partial charge in [0.25, 0.3) is 0 Å². The molecular weight excluding hydrogens is 178 g/mol. The molecule has 0 spiro atoms. The van der Waals surface area contributed by atoms with Crippen LogP contribution in [0.5, 0.6) is 0 Å². The summed E-state index contributed by atoms with van der Waals surface area (Å²) >= 11 is 0. The molecule has 1 aliphatic heterocycles. The summed E-state index contributed by atoms with van der Waals surface area (Å²) in [6, 6.07) is 0. The van der Waals surface area contributed by atoms with E-state index in [1.165, 1.54) is 6.42 Å². The number of rotatable bonds is 1. The summed E-state index contributed by atoms with van der Waals surface area (Å²) in [7, 11) is 0. The second kappa shape index (κ2) is 3.80. The lowest BCUT2D eigenvalue weighted by molar-refractivity contribution is -0.137. The van der Waals surface area contributed by atoms with Gasteiger partial charge < -0.3 is 15.6 Å². The monoisotopic (exact) mass is 199 g/mol. The van der Waals surface area contributed by atoms with Gasteiger partial charge in [-0.05, 0) is 25.7 Å². The fraction of sp³-hybridized carbons (Fsp3) is 1.00. The highest BCUT2D eigenvalue weighted by atomic mass is 16.5. The lowest BCUT2D eigenvalue weighted by Crippen LogP contribution is -2.64. The van der Waals surface area contributed by atoms with Crippen molar-refractivity contribution in [3.63, 3.8) is 0 Å². The van der Waals surface area contributed by atoms with Crippen molar-refractivity contribution < 1.29 is 9.84 Å². The van der Waals surface area contributed by atoms with Gasteiger partial charge >= 0.3 is 0 Å². The molecule has 2 aliphatic rings. The summed E-state index contributed by atoms with van der Waals surface area (Å²) in [5, 5.41) is 10.5. The predicted molar refractivity (Wildman–Crippen MR) is 55.0 cm³/mol. The first-order chi connectivity index (χ1) is 6.66. The smallest absolute Gasteiger partial charge is 0.106 e.